The molecule has 0 atom stereocenters. The maximum atomic E-state index is 3.54. The van der Waals surface area contributed by atoms with Crippen molar-refractivity contribution in [3.8, 4) is 0 Å². The van der Waals surface area contributed by atoms with Crippen LogP contribution >= 0.6 is 15.9 Å². The smallest absolute Gasteiger partial charge is 0.0247 e. The Kier molecular flexibility index (Phi) is 4.59. The highest BCUT2D eigenvalue weighted by Gasteiger charge is 2.02. The van der Waals surface area contributed by atoms with E-state index in [1.807, 2.05) is 0 Å². The second kappa shape index (κ2) is 5.50. The van der Waals surface area contributed by atoms with Crippen molar-refractivity contribution in [2.75, 3.05) is 5.33 Å². The summed E-state index contributed by atoms with van der Waals surface area (Å²) in [4.78, 5) is 0. The fraction of sp³-hybridized carbons (Fsp3) is 0.429. The number of allylic oxidation sites excluding steroid dienone is 1. The minimum absolute atomic E-state index is 0.603. The summed E-state index contributed by atoms with van der Waals surface area (Å²) >= 11 is 3.54. The standard InChI is InChI=1S/C14H19Br/c1-10(2)14(9-15)8-13-6-5-11(3)12(4)7-13/h5-8,10H,9H2,1-4H3. The Bertz CT molecular complexity index is 362. The Morgan fingerprint density at radius 2 is 1.93 bits per heavy atom. The summed E-state index contributed by atoms with van der Waals surface area (Å²) in [6.07, 6.45) is 2.28. The van der Waals surface area contributed by atoms with Crippen molar-refractivity contribution in [1.82, 2.24) is 0 Å². The maximum Gasteiger partial charge on any atom is 0.0247 e. The van der Waals surface area contributed by atoms with E-state index < -0.39 is 0 Å². The zero-order chi connectivity index (χ0) is 11.4. The molecule has 1 rings (SSSR count). The van der Waals surface area contributed by atoms with E-state index in [1.54, 1.807) is 0 Å². The van der Waals surface area contributed by atoms with Crippen molar-refractivity contribution in [1.29, 1.82) is 0 Å². The van der Waals surface area contributed by atoms with Gasteiger partial charge in [-0.15, -0.1) is 0 Å². The van der Waals surface area contributed by atoms with Crippen LogP contribution in [0.3, 0.4) is 0 Å². The molecule has 1 heteroatoms. The summed E-state index contributed by atoms with van der Waals surface area (Å²) in [6.45, 7) is 8.77. The molecular weight excluding hydrogens is 248 g/mol. The second-order valence-corrected chi connectivity index (χ2v) is 4.91. The van der Waals surface area contributed by atoms with Crippen molar-refractivity contribution < 1.29 is 0 Å². The maximum absolute atomic E-state index is 3.54. The van der Waals surface area contributed by atoms with Gasteiger partial charge in [0, 0.05) is 5.33 Å². The molecule has 0 radical (unpaired) electrons. The van der Waals surface area contributed by atoms with Crippen LogP contribution in [0.15, 0.2) is 23.8 Å². The number of benzene rings is 1. The second-order valence-electron chi connectivity index (χ2n) is 4.35. The van der Waals surface area contributed by atoms with Gasteiger partial charge in [-0.3, -0.25) is 0 Å². The van der Waals surface area contributed by atoms with Crippen molar-refractivity contribution in [3.63, 3.8) is 0 Å². The third-order valence-electron chi connectivity index (χ3n) is 2.78. The molecular formula is C14H19Br. The van der Waals surface area contributed by atoms with Gasteiger partial charge >= 0.3 is 0 Å². The van der Waals surface area contributed by atoms with Crippen LogP contribution in [-0.4, -0.2) is 5.33 Å². The Morgan fingerprint density at radius 1 is 1.27 bits per heavy atom. The molecule has 0 aromatic heterocycles. The molecule has 82 valence electrons. The molecule has 0 saturated carbocycles. The van der Waals surface area contributed by atoms with E-state index in [0.29, 0.717) is 5.92 Å². The normalized spacial score (nSPS) is 12.3. The molecule has 0 aliphatic heterocycles. The van der Waals surface area contributed by atoms with Crippen molar-refractivity contribution >= 4 is 22.0 Å². The summed E-state index contributed by atoms with van der Waals surface area (Å²) in [5.74, 6) is 0.603. The van der Waals surface area contributed by atoms with Gasteiger partial charge in [0.15, 0.2) is 0 Å². The largest absolute Gasteiger partial charge is 0.0880 e. The van der Waals surface area contributed by atoms with Crippen LogP contribution in [0.4, 0.5) is 0 Å². The monoisotopic (exact) mass is 266 g/mol. The number of alkyl halides is 1. The van der Waals surface area contributed by atoms with Gasteiger partial charge in [0.25, 0.3) is 0 Å². The summed E-state index contributed by atoms with van der Waals surface area (Å²) in [7, 11) is 0. The van der Waals surface area contributed by atoms with Crippen molar-refractivity contribution in [2.45, 2.75) is 27.7 Å². The minimum atomic E-state index is 0.603. The summed E-state index contributed by atoms with van der Waals surface area (Å²) in [5, 5.41) is 0.956. The Labute approximate surface area is 102 Å². The first kappa shape index (κ1) is 12.5. The van der Waals surface area contributed by atoms with Crippen LogP contribution in [0.25, 0.3) is 6.08 Å². The molecule has 0 nitrogen and oxygen atoms in total. The first-order valence-electron chi connectivity index (χ1n) is 5.38. The third kappa shape index (κ3) is 3.49. The molecule has 0 fully saturated rings. The minimum Gasteiger partial charge on any atom is -0.0880 e. The average Bonchev–Trinajstić information content (AvgIpc) is 2.19. The van der Waals surface area contributed by atoms with Gasteiger partial charge in [0.05, 0.1) is 0 Å². The van der Waals surface area contributed by atoms with Crippen LogP contribution in [0.2, 0.25) is 0 Å². The molecule has 0 heterocycles. The molecule has 0 aliphatic rings. The molecule has 0 aliphatic carbocycles. The van der Waals surface area contributed by atoms with E-state index in [9.17, 15) is 0 Å². The summed E-state index contributed by atoms with van der Waals surface area (Å²) in [5.41, 5.74) is 5.47. The molecule has 0 saturated heterocycles. The lowest BCUT2D eigenvalue weighted by Crippen LogP contribution is -1.95. The predicted octanol–water partition coefficient (Wildman–Crippen LogP) is 4.74. The van der Waals surface area contributed by atoms with E-state index in [2.05, 4.69) is 67.9 Å². The van der Waals surface area contributed by atoms with E-state index in [4.69, 9.17) is 0 Å². The number of aryl methyl sites for hydroxylation is 2. The Hall–Kier alpha value is -0.560. The first-order chi connectivity index (χ1) is 7.04. The van der Waals surface area contributed by atoms with Crippen molar-refractivity contribution in [2.24, 2.45) is 5.92 Å². The Morgan fingerprint density at radius 3 is 2.40 bits per heavy atom. The molecule has 0 N–H and O–H groups in total. The molecule has 1 aromatic carbocycles. The Balaban J connectivity index is 3.01. The highest BCUT2D eigenvalue weighted by Crippen LogP contribution is 2.18. The third-order valence-corrected chi connectivity index (χ3v) is 3.43. The molecule has 1 aromatic rings. The first-order valence-corrected chi connectivity index (χ1v) is 6.50. The van der Waals surface area contributed by atoms with Gasteiger partial charge in [-0.25, -0.2) is 0 Å². The van der Waals surface area contributed by atoms with Crippen LogP contribution < -0.4 is 0 Å². The highest BCUT2D eigenvalue weighted by molar-refractivity contribution is 9.09. The van der Waals surface area contributed by atoms with Gasteiger partial charge in [-0.1, -0.05) is 59.6 Å². The predicted molar refractivity (Wildman–Crippen MR) is 72.5 cm³/mol. The number of rotatable bonds is 3. The zero-order valence-corrected chi connectivity index (χ0v) is 11.6. The number of halogens is 1. The quantitative estimate of drug-likeness (QED) is 0.694. The SMILES string of the molecule is Cc1ccc(C=C(CBr)C(C)C)cc1C. The number of hydrogen-bond acceptors (Lipinski definition) is 0. The van der Waals surface area contributed by atoms with Gasteiger partial charge in [-0.05, 0) is 36.5 Å². The molecule has 0 amide bonds. The van der Waals surface area contributed by atoms with E-state index in [-0.39, 0.29) is 0 Å². The van der Waals surface area contributed by atoms with Gasteiger partial charge in [0.1, 0.15) is 0 Å². The summed E-state index contributed by atoms with van der Waals surface area (Å²) in [6, 6.07) is 6.63. The van der Waals surface area contributed by atoms with Crippen LogP contribution in [0.5, 0.6) is 0 Å². The zero-order valence-electron chi connectivity index (χ0n) is 9.97. The lowest BCUT2D eigenvalue weighted by atomic mass is 10.00. The van der Waals surface area contributed by atoms with E-state index in [1.165, 1.54) is 22.3 Å². The number of hydrogen-bond donors (Lipinski definition) is 0. The molecule has 0 bridgehead atoms. The van der Waals surface area contributed by atoms with E-state index in [0.717, 1.165) is 5.33 Å². The molecule has 0 spiro atoms. The molecule has 15 heavy (non-hydrogen) atoms. The summed E-state index contributed by atoms with van der Waals surface area (Å²) < 4.78 is 0. The van der Waals surface area contributed by atoms with Crippen LogP contribution in [0, 0.1) is 19.8 Å². The van der Waals surface area contributed by atoms with Gasteiger partial charge < -0.3 is 0 Å². The topological polar surface area (TPSA) is 0 Å². The highest BCUT2D eigenvalue weighted by atomic mass is 79.9. The van der Waals surface area contributed by atoms with Gasteiger partial charge in [0.2, 0.25) is 0 Å². The lowest BCUT2D eigenvalue weighted by Gasteiger charge is -2.08. The fourth-order valence-corrected chi connectivity index (χ4v) is 2.24. The van der Waals surface area contributed by atoms with Crippen LogP contribution in [0.1, 0.15) is 30.5 Å². The average molecular weight is 267 g/mol. The van der Waals surface area contributed by atoms with E-state index >= 15 is 0 Å². The van der Waals surface area contributed by atoms with Crippen LogP contribution in [-0.2, 0) is 0 Å². The van der Waals surface area contributed by atoms with Gasteiger partial charge in [-0.2, -0.15) is 0 Å². The van der Waals surface area contributed by atoms with Crippen molar-refractivity contribution in [3.05, 3.63) is 40.5 Å². The lowest BCUT2D eigenvalue weighted by molar-refractivity contribution is 0.781. The molecule has 0 unspecified atom stereocenters. The fourth-order valence-electron chi connectivity index (χ4n) is 1.43.